The summed E-state index contributed by atoms with van der Waals surface area (Å²) >= 11 is 0. The average molecular weight is 330 g/mol. The summed E-state index contributed by atoms with van der Waals surface area (Å²) < 4.78 is 7.40. The summed E-state index contributed by atoms with van der Waals surface area (Å²) in [5.74, 6) is 2.04. The Morgan fingerprint density at radius 2 is 2.08 bits per heavy atom. The fraction of sp³-hybridized carbons (Fsp3) is 0.611. The summed E-state index contributed by atoms with van der Waals surface area (Å²) in [7, 11) is 0. The van der Waals surface area contributed by atoms with Crippen molar-refractivity contribution in [3.63, 3.8) is 0 Å². The maximum Gasteiger partial charge on any atom is 0.229 e. The first kappa shape index (κ1) is 16.7. The molecule has 6 nitrogen and oxygen atoms in total. The van der Waals surface area contributed by atoms with Gasteiger partial charge < -0.3 is 14.0 Å². The van der Waals surface area contributed by atoms with Crippen molar-refractivity contribution in [1.29, 1.82) is 0 Å². The van der Waals surface area contributed by atoms with Crippen molar-refractivity contribution in [3.05, 3.63) is 36.2 Å². The van der Waals surface area contributed by atoms with Crippen LogP contribution in [0.1, 0.15) is 69.6 Å². The number of hydrogen-bond donors (Lipinski definition) is 0. The Bertz CT molecular complexity index is 662. The number of rotatable bonds is 5. The molecule has 0 radical (unpaired) electrons. The molecule has 0 unspecified atom stereocenters. The predicted molar refractivity (Wildman–Crippen MR) is 90.7 cm³/mol. The van der Waals surface area contributed by atoms with Crippen molar-refractivity contribution in [3.8, 4) is 0 Å². The maximum atomic E-state index is 12.6. The van der Waals surface area contributed by atoms with Crippen LogP contribution in [-0.2, 0) is 4.79 Å². The first-order valence-electron chi connectivity index (χ1n) is 8.78. The lowest BCUT2D eigenvalue weighted by atomic mass is 9.97. The topological polar surface area (TPSA) is 64.2 Å². The summed E-state index contributed by atoms with van der Waals surface area (Å²) in [6, 6.07) is 4.14. The quantitative estimate of drug-likeness (QED) is 0.843. The van der Waals surface area contributed by atoms with Crippen LogP contribution in [-0.4, -0.2) is 38.6 Å². The third-order valence-corrected chi connectivity index (χ3v) is 4.70. The third-order valence-electron chi connectivity index (χ3n) is 4.70. The minimum absolute atomic E-state index is 0.172. The van der Waals surface area contributed by atoms with Crippen molar-refractivity contribution >= 4 is 5.91 Å². The molecule has 1 aliphatic heterocycles. The Labute approximate surface area is 142 Å². The van der Waals surface area contributed by atoms with Crippen LogP contribution in [0.25, 0.3) is 0 Å². The van der Waals surface area contributed by atoms with Gasteiger partial charge in [0.25, 0.3) is 0 Å². The fourth-order valence-electron chi connectivity index (χ4n) is 3.19. The molecule has 0 aliphatic carbocycles. The van der Waals surface area contributed by atoms with E-state index >= 15 is 0 Å². The first-order valence-corrected chi connectivity index (χ1v) is 8.78. The fourth-order valence-corrected chi connectivity index (χ4v) is 3.19. The van der Waals surface area contributed by atoms with Gasteiger partial charge in [0.15, 0.2) is 5.82 Å². The van der Waals surface area contributed by atoms with Gasteiger partial charge in [0.05, 0.1) is 0 Å². The van der Waals surface area contributed by atoms with E-state index in [0.717, 1.165) is 25.2 Å². The molecule has 0 N–H and O–H groups in total. The average Bonchev–Trinajstić information content (AvgIpc) is 3.26. The van der Waals surface area contributed by atoms with Gasteiger partial charge in [0.2, 0.25) is 11.8 Å². The number of carbonyl (C=O) groups excluding carboxylic acids is 1. The largest absolute Gasteiger partial charge is 0.351 e. The number of nitrogens with zero attached hydrogens (tertiary/aromatic N) is 4. The van der Waals surface area contributed by atoms with Gasteiger partial charge >= 0.3 is 0 Å². The minimum Gasteiger partial charge on any atom is -0.351 e. The van der Waals surface area contributed by atoms with Crippen molar-refractivity contribution in [2.45, 2.75) is 57.9 Å². The molecule has 1 amide bonds. The lowest BCUT2D eigenvalue weighted by molar-refractivity contribution is -0.133. The van der Waals surface area contributed by atoms with Crippen LogP contribution in [0.2, 0.25) is 0 Å². The minimum atomic E-state index is 0.172. The van der Waals surface area contributed by atoms with Crippen LogP contribution in [0.15, 0.2) is 29.0 Å². The molecule has 2 aromatic heterocycles. The Kier molecular flexibility index (Phi) is 5.02. The van der Waals surface area contributed by atoms with Gasteiger partial charge in [-0.3, -0.25) is 4.79 Å². The standard InChI is InChI=1S/C18H26N4O2/c1-13(2)18-19-17(20-24-18)15-7-6-10-22(12-15)16(23)11-14(3)21-8-4-5-9-21/h4-5,8-9,13-15H,6-7,10-12H2,1-3H3/t14-,15-/m1/s1. The summed E-state index contributed by atoms with van der Waals surface area (Å²) in [5, 5.41) is 4.13. The van der Waals surface area contributed by atoms with Gasteiger partial charge in [0.1, 0.15) is 0 Å². The summed E-state index contributed by atoms with van der Waals surface area (Å²) in [4.78, 5) is 19.1. The van der Waals surface area contributed by atoms with Gasteiger partial charge in [-0.1, -0.05) is 19.0 Å². The molecule has 2 atom stereocenters. The van der Waals surface area contributed by atoms with Crippen LogP contribution < -0.4 is 0 Å². The van der Waals surface area contributed by atoms with Gasteiger partial charge in [0, 0.05) is 49.8 Å². The van der Waals surface area contributed by atoms with Crippen LogP contribution in [0.3, 0.4) is 0 Å². The highest BCUT2D eigenvalue weighted by Crippen LogP contribution is 2.27. The number of carbonyl (C=O) groups is 1. The normalized spacial score (nSPS) is 19.7. The van der Waals surface area contributed by atoms with E-state index in [1.807, 2.05) is 43.3 Å². The van der Waals surface area contributed by atoms with Gasteiger partial charge in [-0.15, -0.1) is 0 Å². The number of amides is 1. The second-order valence-corrected chi connectivity index (χ2v) is 7.01. The molecule has 0 spiro atoms. The SMILES string of the molecule is CC(C)c1nc([C@@H]2CCCN(C(=O)C[C@@H](C)n3cccc3)C2)no1. The smallest absolute Gasteiger partial charge is 0.229 e. The zero-order chi connectivity index (χ0) is 17.1. The Morgan fingerprint density at radius 3 is 2.75 bits per heavy atom. The lowest BCUT2D eigenvalue weighted by Crippen LogP contribution is -2.40. The molecule has 1 saturated heterocycles. The molecule has 130 valence electrons. The van der Waals surface area contributed by atoms with Gasteiger partial charge in [-0.05, 0) is 31.9 Å². The number of aromatic nitrogens is 3. The second kappa shape index (κ2) is 7.20. The molecule has 24 heavy (non-hydrogen) atoms. The highest BCUT2D eigenvalue weighted by molar-refractivity contribution is 5.76. The highest BCUT2D eigenvalue weighted by Gasteiger charge is 2.28. The molecular formula is C18H26N4O2. The predicted octanol–water partition coefficient (Wildman–Crippen LogP) is 3.35. The van der Waals surface area contributed by atoms with E-state index in [4.69, 9.17) is 4.52 Å². The lowest BCUT2D eigenvalue weighted by Gasteiger charge is -2.32. The van der Waals surface area contributed by atoms with Crippen molar-refractivity contribution in [2.24, 2.45) is 0 Å². The van der Waals surface area contributed by atoms with E-state index in [-0.39, 0.29) is 23.8 Å². The highest BCUT2D eigenvalue weighted by atomic mass is 16.5. The van der Waals surface area contributed by atoms with Crippen LogP contribution in [0.5, 0.6) is 0 Å². The molecule has 2 aromatic rings. The molecular weight excluding hydrogens is 304 g/mol. The summed E-state index contributed by atoms with van der Waals surface area (Å²) in [6.07, 6.45) is 6.52. The first-order chi connectivity index (χ1) is 11.5. The molecule has 0 saturated carbocycles. The van der Waals surface area contributed by atoms with Crippen LogP contribution in [0.4, 0.5) is 0 Å². The van der Waals surface area contributed by atoms with E-state index in [1.54, 1.807) is 0 Å². The van der Waals surface area contributed by atoms with E-state index in [1.165, 1.54) is 0 Å². The zero-order valence-corrected chi connectivity index (χ0v) is 14.7. The molecule has 1 aliphatic rings. The summed E-state index contributed by atoms with van der Waals surface area (Å²) in [5.41, 5.74) is 0. The van der Waals surface area contributed by atoms with Crippen LogP contribution in [0, 0.1) is 0 Å². The number of hydrogen-bond acceptors (Lipinski definition) is 4. The van der Waals surface area contributed by atoms with Crippen LogP contribution >= 0.6 is 0 Å². The molecule has 3 rings (SSSR count). The van der Waals surface area contributed by atoms with E-state index in [0.29, 0.717) is 18.9 Å². The molecule has 0 bridgehead atoms. The number of likely N-dealkylation sites (tertiary alicyclic amines) is 1. The number of piperidine rings is 1. The molecule has 3 heterocycles. The monoisotopic (exact) mass is 330 g/mol. The van der Waals surface area contributed by atoms with Crippen molar-refractivity contribution in [1.82, 2.24) is 19.6 Å². The molecule has 1 fully saturated rings. The zero-order valence-electron chi connectivity index (χ0n) is 14.7. The second-order valence-electron chi connectivity index (χ2n) is 7.01. The molecule has 6 heteroatoms. The third kappa shape index (κ3) is 3.68. The Balaban J connectivity index is 1.61. The Hall–Kier alpha value is -2.11. The van der Waals surface area contributed by atoms with Gasteiger partial charge in [-0.25, -0.2) is 0 Å². The van der Waals surface area contributed by atoms with Crippen molar-refractivity contribution in [2.75, 3.05) is 13.1 Å². The van der Waals surface area contributed by atoms with Gasteiger partial charge in [-0.2, -0.15) is 4.98 Å². The van der Waals surface area contributed by atoms with E-state index < -0.39 is 0 Å². The maximum absolute atomic E-state index is 12.6. The van der Waals surface area contributed by atoms with E-state index in [2.05, 4.69) is 21.6 Å². The van der Waals surface area contributed by atoms with E-state index in [9.17, 15) is 4.79 Å². The summed E-state index contributed by atoms with van der Waals surface area (Å²) in [6.45, 7) is 7.66. The Morgan fingerprint density at radius 1 is 1.33 bits per heavy atom. The molecule has 0 aromatic carbocycles. The van der Waals surface area contributed by atoms with Crippen molar-refractivity contribution < 1.29 is 9.32 Å².